The number of nitrogens with zero attached hydrogens (tertiary/aromatic N) is 2. The fourth-order valence-corrected chi connectivity index (χ4v) is 2.67. The van der Waals surface area contributed by atoms with Crippen LogP contribution in [-0.4, -0.2) is 55.2 Å². The Morgan fingerprint density at radius 2 is 1.85 bits per heavy atom. The standard InChI is InChI=1S/C10H19FN2/c1-12-9-3-4-10(12)8-13(7-9)6-2-5-11/h9-10H,2-8H2,1H3. The van der Waals surface area contributed by atoms with E-state index in [0.29, 0.717) is 6.42 Å². The van der Waals surface area contributed by atoms with Gasteiger partial charge in [-0.2, -0.15) is 0 Å². The minimum Gasteiger partial charge on any atom is -0.300 e. The predicted octanol–water partition coefficient (Wildman–Crippen LogP) is 1.12. The number of piperazine rings is 1. The zero-order valence-corrected chi connectivity index (χ0v) is 8.38. The lowest BCUT2D eigenvalue weighted by molar-refractivity contribution is 0.0865. The maximum absolute atomic E-state index is 12.0. The Balaban J connectivity index is 1.84. The van der Waals surface area contributed by atoms with Gasteiger partial charge in [0.2, 0.25) is 0 Å². The van der Waals surface area contributed by atoms with Crippen LogP contribution in [0.5, 0.6) is 0 Å². The average molecular weight is 186 g/mol. The molecule has 0 aromatic rings. The Hall–Kier alpha value is -0.150. The Kier molecular flexibility index (Phi) is 2.84. The van der Waals surface area contributed by atoms with Crippen LogP contribution in [0.1, 0.15) is 19.3 Å². The molecule has 2 aliphatic heterocycles. The number of likely N-dealkylation sites (N-methyl/N-ethyl adjacent to an activating group) is 1. The van der Waals surface area contributed by atoms with Gasteiger partial charge in [-0.05, 0) is 26.3 Å². The molecule has 2 aliphatic rings. The largest absolute Gasteiger partial charge is 0.300 e. The SMILES string of the molecule is CN1C2CCC1CN(CCCF)C2. The van der Waals surface area contributed by atoms with Crippen LogP contribution in [0.15, 0.2) is 0 Å². The monoisotopic (exact) mass is 186 g/mol. The normalized spacial score (nSPS) is 35.5. The molecule has 2 heterocycles. The molecule has 0 radical (unpaired) electrons. The summed E-state index contributed by atoms with van der Waals surface area (Å²) in [6.07, 6.45) is 3.39. The highest BCUT2D eigenvalue weighted by Crippen LogP contribution is 2.28. The van der Waals surface area contributed by atoms with Gasteiger partial charge in [0.05, 0.1) is 6.67 Å². The molecule has 0 aromatic heterocycles. The molecule has 0 N–H and O–H groups in total. The highest BCUT2D eigenvalue weighted by Gasteiger charge is 2.36. The first-order valence-corrected chi connectivity index (χ1v) is 5.31. The minimum absolute atomic E-state index is 0.165. The third-order valence-electron chi connectivity index (χ3n) is 3.53. The Morgan fingerprint density at radius 3 is 2.38 bits per heavy atom. The van der Waals surface area contributed by atoms with Crippen LogP contribution in [0.25, 0.3) is 0 Å². The zero-order chi connectivity index (χ0) is 9.26. The van der Waals surface area contributed by atoms with E-state index in [2.05, 4.69) is 16.8 Å². The summed E-state index contributed by atoms with van der Waals surface area (Å²) in [7, 11) is 2.23. The molecule has 0 amide bonds. The van der Waals surface area contributed by atoms with Crippen LogP contribution >= 0.6 is 0 Å². The first-order valence-electron chi connectivity index (χ1n) is 5.31. The van der Waals surface area contributed by atoms with Crippen molar-refractivity contribution >= 4 is 0 Å². The quantitative estimate of drug-likeness (QED) is 0.652. The van der Waals surface area contributed by atoms with Gasteiger partial charge in [0.15, 0.2) is 0 Å². The number of halogens is 1. The van der Waals surface area contributed by atoms with Crippen molar-refractivity contribution in [2.45, 2.75) is 31.3 Å². The molecule has 2 fully saturated rings. The first kappa shape index (κ1) is 9.41. The topological polar surface area (TPSA) is 6.48 Å². The van der Waals surface area contributed by atoms with E-state index in [1.54, 1.807) is 0 Å². The van der Waals surface area contributed by atoms with Gasteiger partial charge in [0.25, 0.3) is 0 Å². The van der Waals surface area contributed by atoms with Crippen molar-refractivity contribution < 1.29 is 4.39 Å². The van der Waals surface area contributed by atoms with Crippen molar-refractivity contribution in [3.63, 3.8) is 0 Å². The fourth-order valence-electron chi connectivity index (χ4n) is 2.67. The summed E-state index contributed by atoms with van der Waals surface area (Å²) < 4.78 is 12.0. The van der Waals surface area contributed by atoms with Crippen LogP contribution in [0.3, 0.4) is 0 Å². The highest BCUT2D eigenvalue weighted by atomic mass is 19.1. The number of hydrogen-bond donors (Lipinski definition) is 0. The molecule has 0 aromatic carbocycles. The van der Waals surface area contributed by atoms with E-state index in [4.69, 9.17) is 0 Å². The second-order valence-corrected chi connectivity index (χ2v) is 4.35. The zero-order valence-electron chi connectivity index (χ0n) is 8.38. The third-order valence-corrected chi connectivity index (χ3v) is 3.53. The smallest absolute Gasteiger partial charge is 0.0906 e. The molecule has 0 saturated carbocycles. The molecule has 2 nitrogen and oxygen atoms in total. The summed E-state index contributed by atoms with van der Waals surface area (Å²) in [5.41, 5.74) is 0. The Bertz CT molecular complexity index is 160. The van der Waals surface area contributed by atoms with E-state index in [0.717, 1.165) is 31.7 Å². The summed E-state index contributed by atoms with van der Waals surface area (Å²) >= 11 is 0. The second-order valence-electron chi connectivity index (χ2n) is 4.35. The highest BCUT2D eigenvalue weighted by molar-refractivity contribution is 4.93. The summed E-state index contributed by atoms with van der Waals surface area (Å²) in [6.45, 7) is 3.11. The molecular formula is C10H19FN2. The van der Waals surface area contributed by atoms with Crippen molar-refractivity contribution in [2.75, 3.05) is 33.4 Å². The summed E-state index contributed by atoms with van der Waals surface area (Å²) in [5, 5.41) is 0. The molecule has 2 saturated heterocycles. The van der Waals surface area contributed by atoms with Crippen LogP contribution < -0.4 is 0 Å². The van der Waals surface area contributed by atoms with Crippen LogP contribution in [-0.2, 0) is 0 Å². The molecular weight excluding hydrogens is 167 g/mol. The molecule has 3 heteroatoms. The van der Waals surface area contributed by atoms with Crippen molar-refractivity contribution in [2.24, 2.45) is 0 Å². The van der Waals surface area contributed by atoms with Crippen molar-refractivity contribution in [1.82, 2.24) is 9.80 Å². The van der Waals surface area contributed by atoms with Crippen LogP contribution in [0.2, 0.25) is 0 Å². The second kappa shape index (κ2) is 3.93. The summed E-state index contributed by atoms with van der Waals surface area (Å²) in [4.78, 5) is 4.94. The summed E-state index contributed by atoms with van der Waals surface area (Å²) in [5.74, 6) is 0. The lowest BCUT2D eigenvalue weighted by atomic mass is 10.2. The molecule has 13 heavy (non-hydrogen) atoms. The first-order chi connectivity index (χ1) is 6.31. The Morgan fingerprint density at radius 1 is 1.23 bits per heavy atom. The molecule has 2 unspecified atom stereocenters. The van der Waals surface area contributed by atoms with E-state index in [-0.39, 0.29) is 6.67 Å². The van der Waals surface area contributed by atoms with Crippen LogP contribution in [0.4, 0.5) is 4.39 Å². The maximum atomic E-state index is 12.0. The lowest BCUT2D eigenvalue weighted by Gasteiger charge is -2.38. The lowest BCUT2D eigenvalue weighted by Crippen LogP contribution is -2.51. The Labute approximate surface area is 79.7 Å². The molecule has 2 bridgehead atoms. The van der Waals surface area contributed by atoms with Gasteiger partial charge in [-0.3, -0.25) is 9.29 Å². The molecule has 0 aliphatic carbocycles. The van der Waals surface area contributed by atoms with E-state index in [1.165, 1.54) is 12.8 Å². The van der Waals surface area contributed by atoms with Crippen molar-refractivity contribution in [1.29, 1.82) is 0 Å². The van der Waals surface area contributed by atoms with Gasteiger partial charge < -0.3 is 4.90 Å². The van der Waals surface area contributed by atoms with Gasteiger partial charge in [0.1, 0.15) is 0 Å². The van der Waals surface area contributed by atoms with Crippen LogP contribution in [0, 0.1) is 0 Å². The predicted molar refractivity (Wildman–Crippen MR) is 51.6 cm³/mol. The molecule has 2 rings (SSSR count). The van der Waals surface area contributed by atoms with Gasteiger partial charge in [0, 0.05) is 31.7 Å². The van der Waals surface area contributed by atoms with E-state index >= 15 is 0 Å². The fraction of sp³-hybridized carbons (Fsp3) is 1.00. The number of rotatable bonds is 3. The summed E-state index contributed by atoms with van der Waals surface area (Å²) in [6, 6.07) is 1.50. The molecule has 0 spiro atoms. The number of fused-ring (bicyclic) bond motifs is 2. The number of likely N-dealkylation sites (tertiary alicyclic amines) is 1. The number of alkyl halides is 1. The third kappa shape index (κ3) is 1.86. The number of hydrogen-bond acceptors (Lipinski definition) is 2. The van der Waals surface area contributed by atoms with E-state index in [1.807, 2.05) is 0 Å². The van der Waals surface area contributed by atoms with Gasteiger partial charge in [-0.25, -0.2) is 0 Å². The van der Waals surface area contributed by atoms with E-state index in [9.17, 15) is 4.39 Å². The van der Waals surface area contributed by atoms with E-state index < -0.39 is 0 Å². The average Bonchev–Trinajstić information content (AvgIpc) is 2.41. The van der Waals surface area contributed by atoms with Gasteiger partial charge in [-0.15, -0.1) is 0 Å². The maximum Gasteiger partial charge on any atom is 0.0906 e. The van der Waals surface area contributed by atoms with Gasteiger partial charge >= 0.3 is 0 Å². The minimum atomic E-state index is -0.165. The molecule has 76 valence electrons. The van der Waals surface area contributed by atoms with Gasteiger partial charge in [-0.1, -0.05) is 0 Å². The van der Waals surface area contributed by atoms with Crippen molar-refractivity contribution in [3.05, 3.63) is 0 Å². The molecule has 2 atom stereocenters. The van der Waals surface area contributed by atoms with Crippen molar-refractivity contribution in [3.8, 4) is 0 Å².